The van der Waals surface area contributed by atoms with Gasteiger partial charge in [0.05, 0.1) is 5.75 Å². The van der Waals surface area contributed by atoms with E-state index in [4.69, 9.17) is 0 Å². The fourth-order valence-corrected chi connectivity index (χ4v) is 3.80. The molecule has 0 unspecified atom stereocenters. The molecule has 6 nitrogen and oxygen atoms in total. The number of aromatic nitrogens is 4. The van der Waals surface area contributed by atoms with Gasteiger partial charge in [-0.15, -0.1) is 16.8 Å². The van der Waals surface area contributed by atoms with Crippen molar-refractivity contribution in [3.05, 3.63) is 79.6 Å². The summed E-state index contributed by atoms with van der Waals surface area (Å²) in [5.41, 5.74) is 1.72. The molecular weight excluding hydrogens is 382 g/mol. The van der Waals surface area contributed by atoms with Gasteiger partial charge in [0.2, 0.25) is 5.91 Å². The second kappa shape index (κ2) is 8.70. The summed E-state index contributed by atoms with van der Waals surface area (Å²) in [6.07, 6.45) is 5.22. The van der Waals surface area contributed by atoms with Crippen LogP contribution < -0.4 is 5.32 Å². The molecule has 1 amide bonds. The molecule has 0 aliphatic carbocycles. The summed E-state index contributed by atoms with van der Waals surface area (Å²) in [6, 6.07) is 17.6. The van der Waals surface area contributed by atoms with Crippen LogP contribution in [0.5, 0.6) is 0 Å². The third kappa shape index (κ3) is 4.20. The minimum atomic E-state index is -0.0926. The molecule has 4 aromatic rings. The van der Waals surface area contributed by atoms with E-state index in [-0.39, 0.29) is 11.7 Å². The Kier molecular flexibility index (Phi) is 5.67. The van der Waals surface area contributed by atoms with E-state index in [1.165, 1.54) is 11.8 Å². The first-order valence-electron chi connectivity index (χ1n) is 9.11. The minimum Gasteiger partial charge on any atom is -0.325 e. The maximum Gasteiger partial charge on any atom is 0.234 e. The van der Waals surface area contributed by atoms with Crippen molar-refractivity contribution >= 4 is 34.1 Å². The number of carbonyl (C=O) groups excluding carboxylic acids is 1. The lowest BCUT2D eigenvalue weighted by Gasteiger charge is -2.09. The lowest BCUT2D eigenvalue weighted by molar-refractivity contribution is -0.113. The highest BCUT2D eigenvalue weighted by molar-refractivity contribution is 7.99. The molecule has 2 aromatic carbocycles. The van der Waals surface area contributed by atoms with Gasteiger partial charge >= 0.3 is 0 Å². The number of fused-ring (bicyclic) bond motifs is 1. The second-order valence-electron chi connectivity index (χ2n) is 6.30. The van der Waals surface area contributed by atoms with Crippen molar-refractivity contribution in [1.82, 2.24) is 19.7 Å². The normalized spacial score (nSPS) is 10.8. The highest BCUT2D eigenvalue weighted by atomic mass is 32.2. The Morgan fingerprint density at radius 1 is 1.07 bits per heavy atom. The summed E-state index contributed by atoms with van der Waals surface area (Å²) < 4.78 is 1.94. The predicted octanol–water partition coefficient (Wildman–Crippen LogP) is 4.41. The number of benzene rings is 2. The van der Waals surface area contributed by atoms with E-state index in [9.17, 15) is 4.79 Å². The van der Waals surface area contributed by atoms with Crippen LogP contribution in [-0.2, 0) is 11.3 Å². The van der Waals surface area contributed by atoms with E-state index in [1.54, 1.807) is 18.5 Å². The third-order valence-corrected chi connectivity index (χ3v) is 5.33. The molecule has 0 atom stereocenters. The van der Waals surface area contributed by atoms with E-state index in [2.05, 4.69) is 27.1 Å². The highest BCUT2D eigenvalue weighted by Gasteiger charge is 2.15. The first-order chi connectivity index (χ1) is 14.3. The molecule has 4 rings (SSSR count). The third-order valence-electron chi connectivity index (χ3n) is 4.36. The highest BCUT2D eigenvalue weighted by Crippen LogP contribution is 2.25. The average molecular weight is 401 g/mol. The summed E-state index contributed by atoms with van der Waals surface area (Å²) in [5, 5.41) is 14.3. The van der Waals surface area contributed by atoms with E-state index >= 15 is 0 Å². The van der Waals surface area contributed by atoms with Gasteiger partial charge in [-0.05, 0) is 23.6 Å². The topological polar surface area (TPSA) is 72.7 Å². The van der Waals surface area contributed by atoms with Crippen molar-refractivity contribution in [1.29, 1.82) is 0 Å². The Hall–Kier alpha value is -3.45. The largest absolute Gasteiger partial charge is 0.325 e. The van der Waals surface area contributed by atoms with Crippen molar-refractivity contribution in [3.63, 3.8) is 0 Å². The second-order valence-corrected chi connectivity index (χ2v) is 7.25. The quantitative estimate of drug-likeness (QED) is 0.367. The number of hydrogen-bond acceptors (Lipinski definition) is 5. The molecule has 0 radical (unpaired) electrons. The van der Waals surface area contributed by atoms with Crippen molar-refractivity contribution in [2.75, 3.05) is 11.1 Å². The van der Waals surface area contributed by atoms with Gasteiger partial charge in [-0.1, -0.05) is 54.2 Å². The van der Waals surface area contributed by atoms with Crippen LogP contribution in [0.2, 0.25) is 0 Å². The molecule has 0 aliphatic rings. The van der Waals surface area contributed by atoms with Crippen LogP contribution in [0.4, 0.5) is 5.69 Å². The molecular formula is C22H19N5OS. The lowest BCUT2D eigenvalue weighted by atomic mass is 10.1. The van der Waals surface area contributed by atoms with Crippen molar-refractivity contribution < 1.29 is 4.79 Å². The van der Waals surface area contributed by atoms with Gasteiger partial charge in [-0.2, -0.15) is 0 Å². The van der Waals surface area contributed by atoms with Crippen LogP contribution in [0.25, 0.3) is 22.2 Å². The van der Waals surface area contributed by atoms with Crippen LogP contribution >= 0.6 is 11.8 Å². The molecule has 144 valence electrons. The Morgan fingerprint density at radius 2 is 1.86 bits per heavy atom. The van der Waals surface area contributed by atoms with E-state index < -0.39 is 0 Å². The zero-order valence-corrected chi connectivity index (χ0v) is 16.5. The fraction of sp³-hybridized carbons (Fsp3) is 0.0909. The first-order valence-corrected chi connectivity index (χ1v) is 10.1. The molecule has 0 saturated heterocycles. The van der Waals surface area contributed by atoms with Crippen molar-refractivity contribution in [2.45, 2.75) is 11.7 Å². The first kappa shape index (κ1) is 18.9. The number of rotatable bonds is 7. The maximum absolute atomic E-state index is 12.6. The van der Waals surface area contributed by atoms with Crippen LogP contribution in [0.1, 0.15) is 0 Å². The number of anilines is 1. The number of hydrogen-bond donors (Lipinski definition) is 1. The smallest absolute Gasteiger partial charge is 0.234 e. The van der Waals surface area contributed by atoms with Gasteiger partial charge in [0.1, 0.15) is 0 Å². The van der Waals surface area contributed by atoms with Gasteiger partial charge in [0.25, 0.3) is 0 Å². The van der Waals surface area contributed by atoms with Crippen LogP contribution in [0, 0.1) is 0 Å². The SMILES string of the molecule is C=CCn1c(SCC(=O)Nc2cccc3ccccc23)nnc1-c1ccncc1. The van der Waals surface area contributed by atoms with Crippen LogP contribution in [0.15, 0.2) is 84.8 Å². The molecule has 0 saturated carbocycles. The number of nitrogens with zero attached hydrogens (tertiary/aromatic N) is 4. The summed E-state index contributed by atoms with van der Waals surface area (Å²) in [4.78, 5) is 16.6. The molecule has 2 heterocycles. The Bertz CT molecular complexity index is 1150. The number of allylic oxidation sites excluding steroid dienone is 1. The number of nitrogens with one attached hydrogen (secondary N) is 1. The fourth-order valence-electron chi connectivity index (χ4n) is 3.05. The summed E-state index contributed by atoms with van der Waals surface area (Å²) in [6.45, 7) is 4.37. The van der Waals surface area contributed by atoms with Gasteiger partial charge in [0.15, 0.2) is 11.0 Å². The van der Waals surface area contributed by atoms with Gasteiger partial charge < -0.3 is 5.32 Å². The molecule has 2 aromatic heterocycles. The molecule has 0 fully saturated rings. The zero-order chi connectivity index (χ0) is 20.1. The van der Waals surface area contributed by atoms with Gasteiger partial charge in [0, 0.05) is 35.6 Å². The zero-order valence-electron chi connectivity index (χ0n) is 15.7. The number of carbonyl (C=O) groups is 1. The van der Waals surface area contributed by atoms with E-state index in [0.717, 1.165) is 27.8 Å². The van der Waals surface area contributed by atoms with Crippen LogP contribution in [-0.4, -0.2) is 31.4 Å². The molecule has 1 N–H and O–H groups in total. The van der Waals surface area contributed by atoms with E-state index in [1.807, 2.05) is 59.2 Å². The predicted molar refractivity (Wildman–Crippen MR) is 117 cm³/mol. The van der Waals surface area contributed by atoms with Gasteiger partial charge in [-0.25, -0.2) is 0 Å². The minimum absolute atomic E-state index is 0.0926. The van der Waals surface area contributed by atoms with Gasteiger partial charge in [-0.3, -0.25) is 14.3 Å². The maximum atomic E-state index is 12.6. The summed E-state index contributed by atoms with van der Waals surface area (Å²) in [7, 11) is 0. The average Bonchev–Trinajstić information content (AvgIpc) is 3.16. The Labute approximate surface area is 172 Å². The standard InChI is InChI=1S/C22H19N5OS/c1-2-14-27-21(17-10-12-23-13-11-17)25-26-22(27)29-15-20(28)24-19-9-5-7-16-6-3-4-8-18(16)19/h2-13H,1,14-15H2,(H,24,28). The van der Waals surface area contributed by atoms with Crippen molar-refractivity contribution in [3.8, 4) is 11.4 Å². The molecule has 29 heavy (non-hydrogen) atoms. The molecule has 0 aliphatic heterocycles. The Morgan fingerprint density at radius 3 is 2.69 bits per heavy atom. The lowest BCUT2D eigenvalue weighted by Crippen LogP contribution is -2.15. The summed E-state index contributed by atoms with van der Waals surface area (Å²) in [5.74, 6) is 0.865. The Balaban J connectivity index is 1.49. The number of thioether (sulfide) groups is 1. The number of amides is 1. The monoisotopic (exact) mass is 401 g/mol. The molecule has 0 spiro atoms. The molecule has 7 heteroatoms. The molecule has 0 bridgehead atoms. The van der Waals surface area contributed by atoms with E-state index in [0.29, 0.717) is 11.7 Å². The van der Waals surface area contributed by atoms with Crippen molar-refractivity contribution in [2.24, 2.45) is 0 Å². The number of pyridine rings is 1. The summed E-state index contributed by atoms with van der Waals surface area (Å²) >= 11 is 1.35. The van der Waals surface area contributed by atoms with Crippen LogP contribution in [0.3, 0.4) is 0 Å².